The first kappa shape index (κ1) is 13.1. The molecule has 1 aliphatic rings. The third-order valence-electron chi connectivity index (χ3n) is 3.48. The minimum absolute atomic E-state index is 0.156. The van der Waals surface area contributed by atoms with Crippen molar-refractivity contribution in [3.63, 3.8) is 0 Å². The van der Waals surface area contributed by atoms with E-state index in [-0.39, 0.29) is 5.56 Å². The number of aromatic carboxylic acids is 1. The van der Waals surface area contributed by atoms with Crippen LogP contribution in [-0.4, -0.2) is 38.6 Å². The highest BCUT2D eigenvalue weighted by molar-refractivity contribution is 8.00. The minimum Gasteiger partial charge on any atom is -0.478 e. The molecule has 5 nitrogen and oxygen atoms in total. The number of nitrogens with zero attached hydrogens (tertiary/aromatic N) is 2. The predicted molar refractivity (Wildman–Crippen MR) is 72.3 cm³/mol. The molecule has 1 saturated carbocycles. The van der Waals surface area contributed by atoms with Gasteiger partial charge in [-0.2, -0.15) is 11.8 Å². The summed E-state index contributed by atoms with van der Waals surface area (Å²) < 4.78 is 0.308. The summed E-state index contributed by atoms with van der Waals surface area (Å²) in [6.07, 6.45) is 7.20. The molecule has 0 aliphatic heterocycles. The van der Waals surface area contributed by atoms with Crippen LogP contribution in [0.25, 0.3) is 0 Å². The Hall–Kier alpha value is -1.30. The fraction of sp³-hybridized carbons (Fsp3) is 0.583. The maximum atomic E-state index is 10.8. The molecule has 0 amide bonds. The molecule has 0 unspecified atom stereocenters. The van der Waals surface area contributed by atoms with Gasteiger partial charge < -0.3 is 10.4 Å². The molecule has 0 saturated heterocycles. The van der Waals surface area contributed by atoms with Crippen LogP contribution in [-0.2, 0) is 0 Å². The second-order valence-electron chi connectivity index (χ2n) is 4.59. The third-order valence-corrected chi connectivity index (χ3v) is 4.89. The third kappa shape index (κ3) is 2.58. The zero-order chi connectivity index (χ0) is 13.2. The van der Waals surface area contributed by atoms with Gasteiger partial charge in [0.05, 0.1) is 11.3 Å². The van der Waals surface area contributed by atoms with Crippen LogP contribution in [0, 0.1) is 6.92 Å². The van der Waals surface area contributed by atoms with Crippen molar-refractivity contribution in [2.45, 2.75) is 30.9 Å². The largest absolute Gasteiger partial charge is 0.478 e. The van der Waals surface area contributed by atoms with Crippen molar-refractivity contribution in [1.29, 1.82) is 0 Å². The Labute approximate surface area is 110 Å². The van der Waals surface area contributed by atoms with Gasteiger partial charge in [-0.3, -0.25) is 0 Å². The van der Waals surface area contributed by atoms with Crippen LogP contribution in [0.2, 0.25) is 0 Å². The molecule has 0 radical (unpaired) electrons. The van der Waals surface area contributed by atoms with E-state index in [1.54, 1.807) is 6.92 Å². The number of anilines is 1. The number of thioether (sulfide) groups is 1. The highest BCUT2D eigenvalue weighted by atomic mass is 32.2. The molecule has 1 aromatic rings. The van der Waals surface area contributed by atoms with E-state index in [1.165, 1.54) is 25.5 Å². The molecule has 0 aromatic carbocycles. The first-order valence-electron chi connectivity index (χ1n) is 5.92. The highest BCUT2D eigenvalue weighted by Gasteiger charge is 2.35. The van der Waals surface area contributed by atoms with E-state index in [2.05, 4.69) is 21.5 Å². The lowest BCUT2D eigenvalue weighted by atomic mass is 9.84. The molecule has 2 rings (SSSR count). The predicted octanol–water partition coefficient (Wildman–Crippen LogP) is 2.18. The Morgan fingerprint density at radius 1 is 1.61 bits per heavy atom. The van der Waals surface area contributed by atoms with E-state index < -0.39 is 5.97 Å². The summed E-state index contributed by atoms with van der Waals surface area (Å²) in [5.74, 6) is -0.476. The monoisotopic (exact) mass is 267 g/mol. The second-order valence-corrected chi connectivity index (χ2v) is 5.87. The fourth-order valence-electron chi connectivity index (χ4n) is 2.03. The van der Waals surface area contributed by atoms with E-state index in [9.17, 15) is 4.79 Å². The average Bonchev–Trinajstić information content (AvgIpc) is 2.27. The lowest BCUT2D eigenvalue weighted by Gasteiger charge is -2.40. The molecule has 1 aromatic heterocycles. The maximum absolute atomic E-state index is 10.8. The molecule has 98 valence electrons. The zero-order valence-corrected chi connectivity index (χ0v) is 11.4. The molecule has 6 heteroatoms. The first-order chi connectivity index (χ1) is 8.56. The van der Waals surface area contributed by atoms with Crippen molar-refractivity contribution in [3.05, 3.63) is 17.5 Å². The van der Waals surface area contributed by atoms with Crippen molar-refractivity contribution >= 4 is 23.7 Å². The number of carbonyl (C=O) groups is 1. The van der Waals surface area contributed by atoms with Crippen LogP contribution in [0.3, 0.4) is 0 Å². The van der Waals surface area contributed by atoms with Gasteiger partial charge in [0.2, 0.25) is 5.95 Å². The van der Waals surface area contributed by atoms with Crippen molar-refractivity contribution in [2.75, 3.05) is 18.1 Å². The second kappa shape index (κ2) is 5.14. The Bertz CT molecular complexity index is 455. The van der Waals surface area contributed by atoms with Crippen molar-refractivity contribution in [3.8, 4) is 0 Å². The normalized spacial score (nSPS) is 17.0. The molecule has 1 aliphatic carbocycles. The summed E-state index contributed by atoms with van der Waals surface area (Å²) in [7, 11) is 0. The number of aromatic nitrogens is 2. The zero-order valence-electron chi connectivity index (χ0n) is 10.6. The molecular formula is C12H17N3O2S. The highest BCUT2D eigenvalue weighted by Crippen LogP contribution is 2.42. The average molecular weight is 267 g/mol. The van der Waals surface area contributed by atoms with E-state index in [0.717, 1.165) is 6.54 Å². The van der Waals surface area contributed by atoms with Gasteiger partial charge in [0, 0.05) is 17.5 Å². The lowest BCUT2D eigenvalue weighted by Crippen LogP contribution is -2.40. The SMILES string of the molecule is CSC1(CNc2ncc(C(=O)O)c(C)n2)CCC1. The van der Waals surface area contributed by atoms with Gasteiger partial charge in [0.1, 0.15) is 0 Å². The van der Waals surface area contributed by atoms with Crippen LogP contribution < -0.4 is 5.32 Å². The summed E-state index contributed by atoms with van der Waals surface area (Å²) in [4.78, 5) is 19.1. The standard InChI is InChI=1S/C12H17N3O2S/c1-8-9(10(16)17)6-13-11(15-8)14-7-12(18-2)4-3-5-12/h6H,3-5,7H2,1-2H3,(H,16,17)(H,13,14,15). The first-order valence-corrected chi connectivity index (χ1v) is 7.15. The molecule has 0 atom stereocenters. The number of carboxylic acids is 1. The van der Waals surface area contributed by atoms with E-state index in [0.29, 0.717) is 16.4 Å². The van der Waals surface area contributed by atoms with Gasteiger partial charge >= 0.3 is 5.97 Å². The van der Waals surface area contributed by atoms with Crippen molar-refractivity contribution < 1.29 is 9.90 Å². The van der Waals surface area contributed by atoms with Crippen LogP contribution in [0.5, 0.6) is 0 Å². The summed E-state index contributed by atoms with van der Waals surface area (Å²) in [6, 6.07) is 0. The van der Waals surface area contributed by atoms with Gasteiger partial charge in [-0.1, -0.05) is 6.42 Å². The number of nitrogens with one attached hydrogen (secondary N) is 1. The molecular weight excluding hydrogens is 250 g/mol. The number of hydrogen-bond acceptors (Lipinski definition) is 5. The van der Waals surface area contributed by atoms with E-state index in [1.807, 2.05) is 11.8 Å². The number of hydrogen-bond donors (Lipinski definition) is 2. The summed E-state index contributed by atoms with van der Waals surface area (Å²) >= 11 is 1.88. The Kier molecular flexibility index (Phi) is 3.75. The topological polar surface area (TPSA) is 75.1 Å². The summed E-state index contributed by atoms with van der Waals surface area (Å²) in [6.45, 7) is 2.52. The van der Waals surface area contributed by atoms with E-state index in [4.69, 9.17) is 5.11 Å². The maximum Gasteiger partial charge on any atom is 0.339 e. The molecule has 0 spiro atoms. The quantitative estimate of drug-likeness (QED) is 0.851. The van der Waals surface area contributed by atoms with Gasteiger partial charge in [-0.15, -0.1) is 0 Å². The fourth-order valence-corrected chi connectivity index (χ4v) is 2.94. The smallest absolute Gasteiger partial charge is 0.339 e. The Morgan fingerprint density at radius 2 is 2.33 bits per heavy atom. The van der Waals surface area contributed by atoms with Crippen LogP contribution in [0.15, 0.2) is 6.20 Å². The lowest BCUT2D eigenvalue weighted by molar-refractivity contribution is 0.0695. The molecule has 2 N–H and O–H groups in total. The molecule has 0 bridgehead atoms. The van der Waals surface area contributed by atoms with E-state index >= 15 is 0 Å². The Balaban J connectivity index is 2.02. The van der Waals surface area contributed by atoms with Crippen molar-refractivity contribution in [2.24, 2.45) is 0 Å². The molecule has 1 fully saturated rings. The van der Waals surface area contributed by atoms with Crippen molar-refractivity contribution in [1.82, 2.24) is 9.97 Å². The number of carboxylic acid groups (broad SMARTS) is 1. The van der Waals surface area contributed by atoms with Gasteiger partial charge in [0.25, 0.3) is 0 Å². The van der Waals surface area contributed by atoms with Crippen LogP contribution in [0.1, 0.15) is 35.3 Å². The van der Waals surface area contributed by atoms with Gasteiger partial charge in [-0.05, 0) is 26.0 Å². The van der Waals surface area contributed by atoms with Crippen LogP contribution >= 0.6 is 11.8 Å². The van der Waals surface area contributed by atoms with Gasteiger partial charge in [0.15, 0.2) is 0 Å². The summed E-state index contributed by atoms with van der Waals surface area (Å²) in [5, 5.41) is 12.1. The molecule has 1 heterocycles. The molecule has 18 heavy (non-hydrogen) atoms. The summed E-state index contributed by atoms with van der Waals surface area (Å²) in [5.41, 5.74) is 0.649. The van der Waals surface area contributed by atoms with Crippen LogP contribution in [0.4, 0.5) is 5.95 Å². The van der Waals surface area contributed by atoms with Gasteiger partial charge in [-0.25, -0.2) is 14.8 Å². The minimum atomic E-state index is -0.987. The number of rotatable bonds is 5. The number of aryl methyl sites for hydroxylation is 1. The Morgan fingerprint density at radius 3 is 2.78 bits per heavy atom.